The Morgan fingerprint density at radius 1 is 1.18 bits per heavy atom. The normalized spacial score (nSPS) is 18.4. The molecule has 0 bridgehead atoms. The van der Waals surface area contributed by atoms with Crippen LogP contribution in [0.4, 0.5) is 11.6 Å². The number of nitrogen functional groups attached to an aromatic ring is 1. The number of morpholine rings is 1. The van der Waals surface area contributed by atoms with Crippen LogP contribution < -0.4 is 10.6 Å². The van der Waals surface area contributed by atoms with E-state index >= 15 is 0 Å². The summed E-state index contributed by atoms with van der Waals surface area (Å²) in [6.45, 7) is 8.05. The fourth-order valence-corrected chi connectivity index (χ4v) is 5.39. The van der Waals surface area contributed by atoms with E-state index in [0.29, 0.717) is 37.9 Å². The molecule has 0 aliphatic carbocycles. The van der Waals surface area contributed by atoms with Crippen LogP contribution in [0.5, 0.6) is 0 Å². The number of aromatic nitrogens is 3. The number of pyridine rings is 1. The van der Waals surface area contributed by atoms with E-state index in [0.717, 1.165) is 54.3 Å². The molecule has 5 rings (SSSR count). The Labute approximate surface area is 202 Å². The van der Waals surface area contributed by atoms with E-state index < -0.39 is 6.10 Å². The van der Waals surface area contributed by atoms with E-state index in [-0.39, 0.29) is 5.91 Å². The van der Waals surface area contributed by atoms with Crippen LogP contribution in [0.1, 0.15) is 11.8 Å². The number of nitrogens with two attached hydrogens (primary N) is 1. The summed E-state index contributed by atoms with van der Waals surface area (Å²) in [6, 6.07) is 5.86. The molecule has 34 heavy (non-hydrogen) atoms. The van der Waals surface area contributed by atoms with Crippen molar-refractivity contribution < 1.29 is 14.6 Å². The molecule has 1 amide bonds. The number of thiophene rings is 1. The number of aliphatic hydroxyl groups is 1. The molecule has 0 saturated carbocycles. The van der Waals surface area contributed by atoms with Crippen molar-refractivity contribution in [2.45, 2.75) is 19.6 Å². The predicted octanol–water partition coefficient (Wildman–Crippen LogP) is 1.20. The van der Waals surface area contributed by atoms with Gasteiger partial charge in [0.1, 0.15) is 22.6 Å². The van der Waals surface area contributed by atoms with Crippen LogP contribution in [0.2, 0.25) is 0 Å². The smallest absolute Gasteiger partial charge is 0.251 e. The molecule has 1 atom stereocenters. The molecule has 2 fully saturated rings. The van der Waals surface area contributed by atoms with Crippen molar-refractivity contribution in [2.24, 2.45) is 0 Å². The summed E-state index contributed by atoms with van der Waals surface area (Å²) in [5.74, 6) is 1.83. The molecule has 11 heteroatoms. The maximum atomic E-state index is 12.1. The van der Waals surface area contributed by atoms with Gasteiger partial charge in [0.2, 0.25) is 0 Å². The molecule has 2 saturated heterocycles. The monoisotopic (exact) mass is 483 g/mol. The number of hydrogen-bond donors (Lipinski definition) is 2. The van der Waals surface area contributed by atoms with Crippen molar-refractivity contribution >= 4 is 39.1 Å². The lowest BCUT2D eigenvalue weighted by Crippen LogP contribution is -2.50. The number of ether oxygens (including phenoxy) is 1. The standard InChI is InChI=1S/C23H29N7O3S/c1-15(31)23(32)30-6-4-28(5-7-30)14-17-12-18-21(29-8-10-33-11-9-29)26-20(27-22(18)34-17)16-2-3-19(24)25-13-16/h2-3,12-13,15,31H,4-11,14H2,1H3,(H2,24,25). The van der Waals surface area contributed by atoms with Crippen molar-refractivity contribution in [3.05, 3.63) is 29.3 Å². The van der Waals surface area contributed by atoms with Gasteiger partial charge in [-0.15, -0.1) is 11.3 Å². The summed E-state index contributed by atoms with van der Waals surface area (Å²) in [7, 11) is 0. The van der Waals surface area contributed by atoms with Crippen LogP contribution in [0.3, 0.4) is 0 Å². The quantitative estimate of drug-likeness (QED) is 0.551. The second-order valence-corrected chi connectivity index (χ2v) is 9.77. The minimum atomic E-state index is -0.947. The molecular weight excluding hydrogens is 454 g/mol. The van der Waals surface area contributed by atoms with Gasteiger partial charge in [-0.2, -0.15) is 0 Å². The molecule has 3 N–H and O–H groups in total. The van der Waals surface area contributed by atoms with E-state index in [4.69, 9.17) is 20.4 Å². The van der Waals surface area contributed by atoms with Gasteiger partial charge in [0.25, 0.3) is 5.91 Å². The van der Waals surface area contributed by atoms with Gasteiger partial charge >= 0.3 is 0 Å². The summed E-state index contributed by atoms with van der Waals surface area (Å²) in [5, 5.41) is 10.6. The molecule has 0 radical (unpaired) electrons. The molecule has 0 spiro atoms. The first kappa shape index (κ1) is 22.9. The maximum Gasteiger partial charge on any atom is 0.251 e. The first-order valence-corrected chi connectivity index (χ1v) is 12.3. The van der Waals surface area contributed by atoms with Gasteiger partial charge in [-0.25, -0.2) is 15.0 Å². The van der Waals surface area contributed by atoms with Crippen LogP contribution in [-0.4, -0.2) is 94.4 Å². The average Bonchev–Trinajstić information content (AvgIpc) is 3.26. The van der Waals surface area contributed by atoms with Crippen molar-refractivity contribution in [3.63, 3.8) is 0 Å². The first-order valence-electron chi connectivity index (χ1n) is 11.5. The van der Waals surface area contributed by atoms with Crippen LogP contribution in [0.25, 0.3) is 21.6 Å². The van der Waals surface area contributed by atoms with E-state index in [1.54, 1.807) is 28.5 Å². The molecule has 0 aromatic carbocycles. The summed E-state index contributed by atoms with van der Waals surface area (Å²) in [4.78, 5) is 34.6. The minimum Gasteiger partial charge on any atom is -0.384 e. The highest BCUT2D eigenvalue weighted by Crippen LogP contribution is 2.34. The number of amides is 1. The van der Waals surface area contributed by atoms with E-state index in [9.17, 15) is 9.90 Å². The van der Waals surface area contributed by atoms with Crippen molar-refractivity contribution in [1.82, 2.24) is 24.8 Å². The lowest BCUT2D eigenvalue weighted by atomic mass is 10.2. The number of hydrogen-bond acceptors (Lipinski definition) is 10. The number of carbonyl (C=O) groups is 1. The molecule has 2 aliphatic rings. The van der Waals surface area contributed by atoms with Gasteiger partial charge in [0, 0.05) is 62.5 Å². The number of anilines is 2. The fraction of sp³-hybridized carbons (Fsp3) is 0.478. The third kappa shape index (κ3) is 4.83. The van der Waals surface area contributed by atoms with Crippen molar-refractivity contribution in [3.8, 4) is 11.4 Å². The van der Waals surface area contributed by atoms with Gasteiger partial charge in [-0.05, 0) is 25.1 Å². The second kappa shape index (κ2) is 9.79. The third-order valence-electron chi connectivity index (χ3n) is 6.20. The van der Waals surface area contributed by atoms with Crippen LogP contribution in [-0.2, 0) is 16.1 Å². The summed E-state index contributed by atoms with van der Waals surface area (Å²) in [6.07, 6.45) is 0.763. The molecule has 5 heterocycles. The van der Waals surface area contributed by atoms with E-state index in [2.05, 4.69) is 20.9 Å². The highest BCUT2D eigenvalue weighted by molar-refractivity contribution is 7.18. The Morgan fingerprint density at radius 2 is 1.94 bits per heavy atom. The molecule has 3 aromatic rings. The molecule has 2 aliphatic heterocycles. The number of carbonyl (C=O) groups excluding carboxylic acids is 1. The Hall–Kier alpha value is -2.86. The maximum absolute atomic E-state index is 12.1. The van der Waals surface area contributed by atoms with Gasteiger partial charge < -0.3 is 25.4 Å². The van der Waals surface area contributed by atoms with E-state index in [1.165, 1.54) is 11.8 Å². The summed E-state index contributed by atoms with van der Waals surface area (Å²) in [5.41, 5.74) is 6.60. The van der Waals surface area contributed by atoms with Crippen molar-refractivity contribution in [2.75, 3.05) is 63.1 Å². The van der Waals surface area contributed by atoms with Crippen LogP contribution >= 0.6 is 11.3 Å². The summed E-state index contributed by atoms with van der Waals surface area (Å²) >= 11 is 1.68. The molecule has 3 aromatic heterocycles. The fourth-order valence-electron chi connectivity index (χ4n) is 4.33. The first-order chi connectivity index (χ1) is 16.5. The molecule has 10 nitrogen and oxygen atoms in total. The highest BCUT2D eigenvalue weighted by atomic mass is 32.1. The Kier molecular flexibility index (Phi) is 6.59. The zero-order valence-electron chi connectivity index (χ0n) is 19.2. The zero-order valence-corrected chi connectivity index (χ0v) is 20.0. The number of aliphatic hydroxyl groups excluding tert-OH is 1. The number of nitrogens with zero attached hydrogens (tertiary/aromatic N) is 6. The van der Waals surface area contributed by atoms with Gasteiger partial charge in [0.05, 0.1) is 18.6 Å². The Bertz CT molecular complexity index is 1150. The molecular formula is C23H29N7O3S. The minimum absolute atomic E-state index is 0.198. The van der Waals surface area contributed by atoms with Gasteiger partial charge in [-0.3, -0.25) is 9.69 Å². The van der Waals surface area contributed by atoms with Crippen LogP contribution in [0, 0.1) is 0 Å². The lowest BCUT2D eigenvalue weighted by molar-refractivity contribution is -0.141. The Balaban J connectivity index is 1.41. The number of fused-ring (bicyclic) bond motifs is 1. The average molecular weight is 484 g/mol. The van der Waals surface area contributed by atoms with E-state index in [1.807, 2.05) is 6.07 Å². The largest absolute Gasteiger partial charge is 0.384 e. The predicted molar refractivity (Wildman–Crippen MR) is 132 cm³/mol. The SMILES string of the molecule is CC(O)C(=O)N1CCN(Cc2cc3c(N4CCOCC4)nc(-c4ccc(N)nc4)nc3s2)CC1. The topological polar surface area (TPSA) is 121 Å². The number of piperazine rings is 1. The third-order valence-corrected chi connectivity index (χ3v) is 7.21. The molecule has 180 valence electrons. The highest BCUT2D eigenvalue weighted by Gasteiger charge is 2.25. The molecule has 1 unspecified atom stereocenters. The van der Waals surface area contributed by atoms with Crippen molar-refractivity contribution in [1.29, 1.82) is 0 Å². The van der Waals surface area contributed by atoms with Gasteiger partial charge in [-0.1, -0.05) is 0 Å². The Morgan fingerprint density at radius 3 is 2.62 bits per heavy atom. The number of rotatable bonds is 5. The second-order valence-electron chi connectivity index (χ2n) is 8.65. The van der Waals surface area contributed by atoms with Crippen LogP contribution in [0.15, 0.2) is 24.4 Å². The zero-order chi connectivity index (χ0) is 23.7. The lowest BCUT2D eigenvalue weighted by Gasteiger charge is -2.35. The summed E-state index contributed by atoms with van der Waals surface area (Å²) < 4.78 is 5.55. The van der Waals surface area contributed by atoms with Gasteiger partial charge in [0.15, 0.2) is 5.82 Å².